The first-order chi connectivity index (χ1) is 11.7. The van der Waals surface area contributed by atoms with Gasteiger partial charge in [-0.25, -0.2) is 0 Å². The molecular weight excluding hydrogens is 298 g/mol. The number of aromatic nitrogens is 3. The van der Waals surface area contributed by atoms with Gasteiger partial charge in [-0.15, -0.1) is 0 Å². The molecule has 0 radical (unpaired) electrons. The first-order valence-corrected chi connectivity index (χ1v) is 8.10. The number of carbonyl (C=O) groups excluding carboxylic acids is 1. The number of hydrogen-bond donors (Lipinski definition) is 1. The lowest BCUT2D eigenvalue weighted by Gasteiger charge is -1.94. The molecule has 0 fully saturated rings. The van der Waals surface area contributed by atoms with Gasteiger partial charge in [-0.3, -0.25) is 9.89 Å². The summed E-state index contributed by atoms with van der Waals surface area (Å²) in [5, 5.41) is 9.82. The summed E-state index contributed by atoms with van der Waals surface area (Å²) in [5.74, 6) is 0. The minimum absolute atomic E-state index is 0.729. The maximum absolute atomic E-state index is 10.0. The molecule has 0 aliphatic heterocycles. The lowest BCUT2D eigenvalue weighted by atomic mass is 10.2. The van der Waals surface area contributed by atoms with Gasteiger partial charge in [0.1, 0.15) is 6.29 Å². The third kappa shape index (κ3) is 3.38. The number of para-hydroxylation sites is 1. The summed E-state index contributed by atoms with van der Waals surface area (Å²) in [7, 11) is 2.05. The van der Waals surface area contributed by atoms with E-state index in [1.165, 1.54) is 16.3 Å². The molecule has 0 saturated carbocycles. The number of nitrogens with zero attached hydrogens (tertiary/aromatic N) is 2. The number of nitrogens with one attached hydrogen (secondary N) is 1. The van der Waals surface area contributed by atoms with E-state index in [-0.39, 0.29) is 0 Å². The molecule has 2 aromatic heterocycles. The van der Waals surface area contributed by atoms with Crippen LogP contribution in [0.3, 0.4) is 0 Å². The van der Waals surface area contributed by atoms with Crippen molar-refractivity contribution in [1.29, 1.82) is 0 Å². The van der Waals surface area contributed by atoms with Crippen LogP contribution in [0.4, 0.5) is 0 Å². The normalized spacial score (nSPS) is 9.83. The molecule has 0 spiro atoms. The largest absolute Gasteiger partial charge is 0.327 e. The average Bonchev–Trinajstić information content (AvgIpc) is 3.18. The van der Waals surface area contributed by atoms with Gasteiger partial charge in [-0.1, -0.05) is 62.4 Å². The predicted octanol–water partition coefficient (Wildman–Crippen LogP) is 4.89. The monoisotopic (exact) mass is 321 g/mol. The maximum atomic E-state index is 10.0. The van der Waals surface area contributed by atoms with Gasteiger partial charge >= 0.3 is 0 Å². The second-order valence-corrected chi connectivity index (χ2v) is 5.15. The number of hydrogen-bond acceptors (Lipinski definition) is 2. The van der Waals surface area contributed by atoms with E-state index in [4.69, 9.17) is 0 Å². The van der Waals surface area contributed by atoms with Gasteiger partial charge < -0.3 is 4.57 Å². The Morgan fingerprint density at radius 3 is 2.25 bits per heavy atom. The highest BCUT2D eigenvalue weighted by atomic mass is 16.1. The Kier molecular flexibility index (Phi) is 5.90. The molecule has 0 aliphatic rings. The molecule has 0 saturated heterocycles. The zero-order chi connectivity index (χ0) is 17.5. The third-order valence-electron chi connectivity index (χ3n) is 3.72. The highest BCUT2D eigenvalue weighted by molar-refractivity contribution is 6.07. The maximum Gasteiger partial charge on any atom is 0.162 e. The molecule has 0 atom stereocenters. The summed E-state index contributed by atoms with van der Waals surface area (Å²) in [6, 6.07) is 17.5. The Bertz CT molecular complexity index is 920. The quantitative estimate of drug-likeness (QED) is 0.508. The third-order valence-corrected chi connectivity index (χ3v) is 3.72. The van der Waals surface area contributed by atoms with Crippen LogP contribution < -0.4 is 0 Å². The molecule has 4 rings (SSSR count). The topological polar surface area (TPSA) is 50.7 Å². The van der Waals surface area contributed by atoms with E-state index in [0.717, 1.165) is 23.2 Å². The number of carbonyl (C=O) groups is 1. The van der Waals surface area contributed by atoms with E-state index in [2.05, 4.69) is 46.0 Å². The molecule has 2 aromatic carbocycles. The zero-order valence-corrected chi connectivity index (χ0v) is 14.6. The highest BCUT2D eigenvalue weighted by Crippen LogP contribution is 2.28. The van der Waals surface area contributed by atoms with Gasteiger partial charge in [0.05, 0.1) is 5.52 Å². The molecule has 4 nitrogen and oxygen atoms in total. The van der Waals surface area contributed by atoms with Crippen LogP contribution in [0.2, 0.25) is 0 Å². The van der Waals surface area contributed by atoms with E-state index < -0.39 is 0 Å². The van der Waals surface area contributed by atoms with E-state index in [9.17, 15) is 4.79 Å². The summed E-state index contributed by atoms with van der Waals surface area (Å²) in [5.41, 5.74) is 4.13. The summed E-state index contributed by atoms with van der Waals surface area (Å²) < 4.78 is 2.12. The summed E-state index contributed by atoms with van der Waals surface area (Å²) in [6.45, 7) is 6.06. The number of aldehydes is 1. The summed E-state index contributed by atoms with van der Waals surface area (Å²) in [4.78, 5) is 10.0. The van der Waals surface area contributed by atoms with Crippen molar-refractivity contribution < 1.29 is 4.79 Å². The molecule has 0 bridgehead atoms. The molecule has 0 aliphatic carbocycles. The van der Waals surface area contributed by atoms with Crippen LogP contribution in [0, 0.1) is 6.92 Å². The zero-order valence-electron chi connectivity index (χ0n) is 14.6. The smallest absolute Gasteiger partial charge is 0.162 e. The van der Waals surface area contributed by atoms with Crippen molar-refractivity contribution in [2.24, 2.45) is 7.05 Å². The van der Waals surface area contributed by atoms with Gasteiger partial charge in [-0.2, -0.15) is 5.10 Å². The number of aromatic amines is 1. The predicted molar refractivity (Wildman–Crippen MR) is 100 cm³/mol. The van der Waals surface area contributed by atoms with Crippen LogP contribution in [0.15, 0.2) is 54.6 Å². The minimum atomic E-state index is 0.729. The first-order valence-electron chi connectivity index (χ1n) is 8.10. The second kappa shape index (κ2) is 8.11. The van der Waals surface area contributed by atoms with Crippen LogP contribution in [0.1, 0.15) is 29.9 Å². The molecule has 4 aromatic rings. The highest BCUT2D eigenvalue weighted by Gasteiger charge is 2.11. The van der Waals surface area contributed by atoms with Gasteiger partial charge in [0.15, 0.2) is 5.65 Å². The van der Waals surface area contributed by atoms with Crippen LogP contribution in [0.5, 0.6) is 0 Å². The van der Waals surface area contributed by atoms with Gasteiger partial charge in [0, 0.05) is 29.1 Å². The Labute approximate surface area is 142 Å². The van der Waals surface area contributed by atoms with Crippen molar-refractivity contribution in [3.05, 3.63) is 65.9 Å². The van der Waals surface area contributed by atoms with E-state index in [0.29, 0.717) is 0 Å². The molecule has 1 N–H and O–H groups in total. The fourth-order valence-corrected chi connectivity index (χ4v) is 2.60. The lowest BCUT2D eigenvalue weighted by molar-refractivity contribution is 0.112. The molecule has 2 heterocycles. The van der Waals surface area contributed by atoms with Gasteiger partial charge in [0.2, 0.25) is 0 Å². The van der Waals surface area contributed by atoms with Crippen molar-refractivity contribution in [3.8, 4) is 0 Å². The van der Waals surface area contributed by atoms with Crippen LogP contribution in [0.25, 0.3) is 21.9 Å². The van der Waals surface area contributed by atoms with E-state index in [1.807, 2.05) is 39.1 Å². The fourth-order valence-electron chi connectivity index (χ4n) is 2.60. The molecule has 124 valence electrons. The number of aryl methyl sites for hydroxylation is 2. The number of fused-ring (bicyclic) bond motifs is 3. The SMILES string of the molecule is CC.Cc1[nH]nc2c1c1ccccc1n2C.O=Cc1ccccc1. The van der Waals surface area contributed by atoms with Crippen molar-refractivity contribution in [2.75, 3.05) is 0 Å². The summed E-state index contributed by atoms with van der Waals surface area (Å²) >= 11 is 0. The Morgan fingerprint density at radius 2 is 1.62 bits per heavy atom. The fraction of sp³-hybridized carbons (Fsp3) is 0.200. The van der Waals surface area contributed by atoms with Crippen LogP contribution in [-0.4, -0.2) is 21.1 Å². The number of benzene rings is 2. The average molecular weight is 321 g/mol. The van der Waals surface area contributed by atoms with Crippen molar-refractivity contribution in [1.82, 2.24) is 14.8 Å². The lowest BCUT2D eigenvalue weighted by Crippen LogP contribution is -1.87. The van der Waals surface area contributed by atoms with Crippen LogP contribution in [-0.2, 0) is 7.05 Å². The first kappa shape index (κ1) is 17.5. The Morgan fingerprint density at radius 1 is 1.00 bits per heavy atom. The van der Waals surface area contributed by atoms with Gasteiger partial charge in [-0.05, 0) is 13.0 Å². The molecule has 4 heteroatoms. The Balaban J connectivity index is 0.000000179. The van der Waals surface area contributed by atoms with Crippen molar-refractivity contribution in [3.63, 3.8) is 0 Å². The second-order valence-electron chi connectivity index (χ2n) is 5.15. The van der Waals surface area contributed by atoms with Gasteiger partial charge in [0.25, 0.3) is 0 Å². The molecule has 24 heavy (non-hydrogen) atoms. The molecule has 0 unspecified atom stereocenters. The Hall–Kier alpha value is -2.88. The molecular formula is C20H23N3O. The standard InChI is InChI=1S/C11H11N3.C7H6O.C2H6/c1-7-10-8-5-3-4-6-9(8)14(2)11(10)13-12-7;8-6-7-4-2-1-3-5-7;1-2/h3-6H,1-2H3,(H,12,13);1-6H;1-2H3. The number of H-pyrrole nitrogens is 1. The van der Waals surface area contributed by atoms with E-state index in [1.54, 1.807) is 12.1 Å². The van der Waals surface area contributed by atoms with Crippen molar-refractivity contribution in [2.45, 2.75) is 20.8 Å². The molecule has 0 amide bonds. The summed E-state index contributed by atoms with van der Waals surface area (Å²) in [6.07, 6.45) is 0.833. The minimum Gasteiger partial charge on any atom is -0.327 e. The van der Waals surface area contributed by atoms with Crippen LogP contribution >= 0.6 is 0 Å². The number of rotatable bonds is 1. The van der Waals surface area contributed by atoms with E-state index >= 15 is 0 Å². The van der Waals surface area contributed by atoms with Crippen molar-refractivity contribution >= 4 is 28.2 Å².